The first-order valence-corrected chi connectivity index (χ1v) is 7.37. The van der Waals surface area contributed by atoms with Gasteiger partial charge < -0.3 is 5.32 Å². The van der Waals surface area contributed by atoms with Crippen LogP contribution in [-0.2, 0) is 17.8 Å². The highest BCUT2D eigenvalue weighted by atomic mass is 32.1. The average molecular weight is 290 g/mol. The van der Waals surface area contributed by atoms with Crippen LogP contribution in [0.4, 0.5) is 5.13 Å². The Morgan fingerprint density at radius 3 is 2.65 bits per heavy atom. The lowest BCUT2D eigenvalue weighted by atomic mass is 10.1. The lowest BCUT2D eigenvalue weighted by Gasteiger charge is -2.05. The van der Waals surface area contributed by atoms with E-state index in [1.165, 1.54) is 16.9 Å². The third kappa shape index (κ3) is 4.40. The van der Waals surface area contributed by atoms with E-state index in [1.807, 2.05) is 6.92 Å². The van der Waals surface area contributed by atoms with Gasteiger partial charge in [-0.3, -0.25) is 10.1 Å². The van der Waals surface area contributed by atoms with Crippen LogP contribution in [0.25, 0.3) is 0 Å². The SMILES string of the molecule is CCc1nnc(NC(=O)CNCc2ccc(C)cc2)s1. The smallest absolute Gasteiger partial charge is 0.240 e. The molecular formula is C14H18N4OS. The van der Waals surface area contributed by atoms with Gasteiger partial charge in [-0.2, -0.15) is 0 Å². The second-order valence-electron chi connectivity index (χ2n) is 4.49. The molecule has 20 heavy (non-hydrogen) atoms. The molecule has 1 aromatic heterocycles. The first kappa shape index (κ1) is 14.6. The predicted octanol–water partition coefficient (Wildman–Crippen LogP) is 2.14. The summed E-state index contributed by atoms with van der Waals surface area (Å²) in [6.07, 6.45) is 0.833. The molecular weight excluding hydrogens is 272 g/mol. The Hall–Kier alpha value is -1.79. The zero-order valence-corrected chi connectivity index (χ0v) is 12.5. The molecule has 1 heterocycles. The summed E-state index contributed by atoms with van der Waals surface area (Å²) < 4.78 is 0. The molecule has 1 amide bonds. The molecule has 0 aliphatic carbocycles. The maximum absolute atomic E-state index is 11.7. The highest BCUT2D eigenvalue weighted by Gasteiger charge is 2.06. The minimum absolute atomic E-state index is 0.101. The normalized spacial score (nSPS) is 10.5. The van der Waals surface area contributed by atoms with E-state index in [9.17, 15) is 4.79 Å². The molecule has 5 nitrogen and oxygen atoms in total. The van der Waals surface area contributed by atoms with Crippen molar-refractivity contribution in [3.8, 4) is 0 Å². The summed E-state index contributed by atoms with van der Waals surface area (Å²) in [6, 6.07) is 8.23. The molecule has 106 valence electrons. The highest BCUT2D eigenvalue weighted by molar-refractivity contribution is 7.15. The van der Waals surface area contributed by atoms with Crippen molar-refractivity contribution in [3.63, 3.8) is 0 Å². The number of aromatic nitrogens is 2. The van der Waals surface area contributed by atoms with Gasteiger partial charge in [-0.15, -0.1) is 10.2 Å². The largest absolute Gasteiger partial charge is 0.304 e. The minimum Gasteiger partial charge on any atom is -0.304 e. The quantitative estimate of drug-likeness (QED) is 0.855. The molecule has 0 saturated heterocycles. The lowest BCUT2D eigenvalue weighted by Crippen LogP contribution is -2.27. The van der Waals surface area contributed by atoms with Crippen LogP contribution in [0.1, 0.15) is 23.1 Å². The number of hydrogen-bond acceptors (Lipinski definition) is 5. The lowest BCUT2D eigenvalue weighted by molar-refractivity contribution is -0.115. The van der Waals surface area contributed by atoms with E-state index in [4.69, 9.17) is 0 Å². The predicted molar refractivity (Wildman–Crippen MR) is 80.8 cm³/mol. The Labute approximate surface area is 122 Å². The third-order valence-electron chi connectivity index (χ3n) is 2.75. The van der Waals surface area contributed by atoms with Crippen molar-refractivity contribution in [3.05, 3.63) is 40.4 Å². The first-order valence-electron chi connectivity index (χ1n) is 6.56. The van der Waals surface area contributed by atoms with Gasteiger partial charge >= 0.3 is 0 Å². The minimum atomic E-state index is -0.101. The molecule has 6 heteroatoms. The number of amides is 1. The zero-order valence-electron chi connectivity index (χ0n) is 11.6. The molecule has 0 radical (unpaired) electrons. The molecule has 0 unspecified atom stereocenters. The van der Waals surface area contributed by atoms with Crippen LogP contribution in [0.2, 0.25) is 0 Å². The summed E-state index contributed by atoms with van der Waals surface area (Å²) in [5, 5.41) is 15.2. The summed E-state index contributed by atoms with van der Waals surface area (Å²) in [5.74, 6) is -0.101. The van der Waals surface area contributed by atoms with E-state index in [0.717, 1.165) is 17.0 Å². The van der Waals surface area contributed by atoms with E-state index >= 15 is 0 Å². The van der Waals surface area contributed by atoms with Gasteiger partial charge in [0.15, 0.2) is 0 Å². The molecule has 0 aliphatic heterocycles. The summed E-state index contributed by atoms with van der Waals surface area (Å²) in [7, 11) is 0. The van der Waals surface area contributed by atoms with Crippen LogP contribution in [-0.4, -0.2) is 22.6 Å². The number of nitrogens with one attached hydrogen (secondary N) is 2. The van der Waals surface area contributed by atoms with Crippen molar-refractivity contribution in [2.24, 2.45) is 0 Å². The fourth-order valence-electron chi connectivity index (χ4n) is 1.64. The van der Waals surface area contributed by atoms with Crippen LogP contribution in [0.5, 0.6) is 0 Å². The second kappa shape index (κ2) is 7.12. The van der Waals surface area contributed by atoms with Gasteiger partial charge in [0.2, 0.25) is 11.0 Å². The van der Waals surface area contributed by atoms with E-state index in [-0.39, 0.29) is 12.5 Å². The van der Waals surface area contributed by atoms with Crippen molar-refractivity contribution in [2.75, 3.05) is 11.9 Å². The van der Waals surface area contributed by atoms with Crippen LogP contribution >= 0.6 is 11.3 Å². The van der Waals surface area contributed by atoms with Crippen LogP contribution < -0.4 is 10.6 Å². The summed E-state index contributed by atoms with van der Waals surface area (Å²) >= 11 is 1.41. The molecule has 1 aromatic carbocycles. The van der Waals surface area contributed by atoms with Crippen molar-refractivity contribution < 1.29 is 4.79 Å². The van der Waals surface area contributed by atoms with Crippen molar-refractivity contribution >= 4 is 22.4 Å². The highest BCUT2D eigenvalue weighted by Crippen LogP contribution is 2.14. The van der Waals surface area contributed by atoms with Crippen LogP contribution in [0, 0.1) is 6.92 Å². The second-order valence-corrected chi connectivity index (χ2v) is 5.55. The molecule has 0 atom stereocenters. The Balaban J connectivity index is 1.73. The number of carbonyl (C=O) groups is 1. The molecule has 0 bridgehead atoms. The molecule has 0 saturated carbocycles. The Bertz CT molecular complexity index is 565. The standard InChI is InChI=1S/C14H18N4OS/c1-3-13-17-18-14(20-13)16-12(19)9-15-8-11-6-4-10(2)5-7-11/h4-7,15H,3,8-9H2,1-2H3,(H,16,18,19). The fraction of sp³-hybridized carbons (Fsp3) is 0.357. The van der Waals surface area contributed by atoms with E-state index < -0.39 is 0 Å². The van der Waals surface area contributed by atoms with Gasteiger partial charge in [-0.1, -0.05) is 48.1 Å². The number of benzene rings is 1. The number of anilines is 1. The van der Waals surface area contributed by atoms with E-state index in [1.54, 1.807) is 0 Å². The van der Waals surface area contributed by atoms with Crippen molar-refractivity contribution in [2.45, 2.75) is 26.8 Å². The summed E-state index contributed by atoms with van der Waals surface area (Å²) in [6.45, 7) is 4.99. The molecule has 2 aromatic rings. The van der Waals surface area contributed by atoms with Crippen molar-refractivity contribution in [1.82, 2.24) is 15.5 Å². The summed E-state index contributed by atoms with van der Waals surface area (Å²) in [4.78, 5) is 11.7. The Morgan fingerprint density at radius 2 is 2.00 bits per heavy atom. The maximum atomic E-state index is 11.7. The molecule has 0 spiro atoms. The number of nitrogens with zero attached hydrogens (tertiary/aromatic N) is 2. The number of rotatable bonds is 6. The number of hydrogen-bond donors (Lipinski definition) is 2. The topological polar surface area (TPSA) is 66.9 Å². The third-order valence-corrected chi connectivity index (χ3v) is 3.73. The Morgan fingerprint density at radius 1 is 1.25 bits per heavy atom. The molecule has 2 rings (SSSR count). The monoisotopic (exact) mass is 290 g/mol. The van der Waals surface area contributed by atoms with Gasteiger partial charge in [0.05, 0.1) is 6.54 Å². The molecule has 0 aliphatic rings. The van der Waals surface area contributed by atoms with Crippen molar-refractivity contribution in [1.29, 1.82) is 0 Å². The Kier molecular flexibility index (Phi) is 5.20. The average Bonchev–Trinajstić information content (AvgIpc) is 2.88. The van der Waals surface area contributed by atoms with Gasteiger partial charge in [0, 0.05) is 6.54 Å². The van der Waals surface area contributed by atoms with Gasteiger partial charge in [0.25, 0.3) is 0 Å². The van der Waals surface area contributed by atoms with Gasteiger partial charge in [0.1, 0.15) is 5.01 Å². The zero-order chi connectivity index (χ0) is 14.4. The van der Waals surface area contributed by atoms with Gasteiger partial charge in [-0.25, -0.2) is 0 Å². The first-order chi connectivity index (χ1) is 9.67. The maximum Gasteiger partial charge on any atom is 0.240 e. The number of aryl methyl sites for hydroxylation is 2. The summed E-state index contributed by atoms with van der Waals surface area (Å²) in [5.41, 5.74) is 2.39. The fourth-order valence-corrected chi connectivity index (χ4v) is 2.33. The number of carbonyl (C=O) groups excluding carboxylic acids is 1. The molecule has 0 fully saturated rings. The van der Waals surface area contributed by atoms with Crippen LogP contribution in [0.3, 0.4) is 0 Å². The van der Waals surface area contributed by atoms with Gasteiger partial charge in [-0.05, 0) is 18.9 Å². The van der Waals surface area contributed by atoms with E-state index in [2.05, 4.69) is 52.0 Å². The van der Waals surface area contributed by atoms with E-state index in [0.29, 0.717) is 11.7 Å². The van der Waals surface area contributed by atoms with Crippen LogP contribution in [0.15, 0.2) is 24.3 Å². The molecule has 2 N–H and O–H groups in total.